The van der Waals surface area contributed by atoms with E-state index in [0.29, 0.717) is 6.04 Å². The maximum absolute atomic E-state index is 14.9. The predicted molar refractivity (Wildman–Crippen MR) is 109 cm³/mol. The highest BCUT2D eigenvalue weighted by Gasteiger charge is 2.46. The van der Waals surface area contributed by atoms with Crippen LogP contribution in [0.4, 0.5) is 26.3 Å². The number of benzene rings is 3. The molecule has 0 fully saturated rings. The zero-order valence-electron chi connectivity index (χ0n) is 17.4. The van der Waals surface area contributed by atoms with Crippen molar-refractivity contribution in [1.82, 2.24) is 0 Å². The van der Waals surface area contributed by atoms with Crippen LogP contribution in [0.2, 0.25) is 11.1 Å². The molecule has 0 aromatic heterocycles. The quantitative estimate of drug-likeness (QED) is 0.214. The predicted octanol–water partition coefficient (Wildman–Crippen LogP) is 7.40. The second-order valence-corrected chi connectivity index (χ2v) is 12.9. The van der Waals surface area contributed by atoms with Gasteiger partial charge in [0.15, 0.2) is 34.8 Å². The Morgan fingerprint density at radius 1 is 0.774 bits per heavy atom. The van der Waals surface area contributed by atoms with Gasteiger partial charge in [0.1, 0.15) is 0 Å². The van der Waals surface area contributed by atoms with Crippen molar-refractivity contribution in [3.05, 3.63) is 76.9 Å². The van der Waals surface area contributed by atoms with Gasteiger partial charge in [0.2, 0.25) is 5.82 Å². The maximum atomic E-state index is 14.9. The fraction of sp³-hybridized carbons (Fsp3) is 0.304. The molecule has 0 saturated heterocycles. The van der Waals surface area contributed by atoms with Gasteiger partial charge in [-0.2, -0.15) is 4.39 Å². The van der Waals surface area contributed by atoms with E-state index in [1.54, 1.807) is 6.07 Å². The Hall–Kier alpha value is -2.48. The summed E-state index contributed by atoms with van der Waals surface area (Å²) in [5.41, 5.74) is 0.522. The van der Waals surface area contributed by atoms with Crippen LogP contribution in [0.5, 0.6) is 5.75 Å². The number of fused-ring (bicyclic) bond motifs is 1. The minimum atomic E-state index is -3.10. The summed E-state index contributed by atoms with van der Waals surface area (Å²) >= 11 is 0. The average Bonchev–Trinajstić information content (AvgIpc) is 2.73. The zero-order valence-corrected chi connectivity index (χ0v) is 18.4. The summed E-state index contributed by atoms with van der Waals surface area (Å²) in [6.07, 6.45) is 0. The third-order valence-electron chi connectivity index (χ3n) is 5.69. The molecule has 165 valence electrons. The Kier molecular flexibility index (Phi) is 6.41. The van der Waals surface area contributed by atoms with Crippen molar-refractivity contribution in [2.45, 2.75) is 44.8 Å². The Bertz CT molecular complexity index is 1110. The molecule has 3 aromatic rings. The van der Waals surface area contributed by atoms with Crippen LogP contribution in [0.3, 0.4) is 0 Å². The lowest BCUT2D eigenvalue weighted by Crippen LogP contribution is -2.51. The van der Waals surface area contributed by atoms with Gasteiger partial charge in [-0.15, -0.1) is 0 Å². The van der Waals surface area contributed by atoms with E-state index in [1.807, 2.05) is 58.0 Å². The molecule has 0 saturated carbocycles. The molecule has 0 atom stereocenters. The molecule has 0 bridgehead atoms. The summed E-state index contributed by atoms with van der Waals surface area (Å²) in [5.74, 6) is -12.2. The summed E-state index contributed by atoms with van der Waals surface area (Å²) in [6.45, 7) is 7.38. The maximum Gasteiger partial charge on any atom is 0.260 e. The van der Waals surface area contributed by atoms with E-state index < -0.39 is 59.7 Å². The van der Waals surface area contributed by atoms with E-state index in [0.717, 1.165) is 5.56 Å². The van der Waals surface area contributed by atoms with Crippen molar-refractivity contribution >= 4 is 19.1 Å². The van der Waals surface area contributed by atoms with Gasteiger partial charge in [-0.3, -0.25) is 0 Å². The Morgan fingerprint density at radius 3 is 1.90 bits per heavy atom. The van der Waals surface area contributed by atoms with Gasteiger partial charge in [-0.1, -0.05) is 58.0 Å². The van der Waals surface area contributed by atoms with Gasteiger partial charge in [0, 0.05) is 17.5 Å². The molecule has 0 aliphatic heterocycles. The Labute approximate surface area is 177 Å². The van der Waals surface area contributed by atoms with Gasteiger partial charge < -0.3 is 4.43 Å². The SMILES string of the molecule is CC(C)[Si](Cc1ccccc1)(Oc1c(F)c(F)c(F)c2[c]c(F)c(F)c(F)c12)C(C)C. The fourth-order valence-corrected chi connectivity index (χ4v) is 8.02. The summed E-state index contributed by atoms with van der Waals surface area (Å²) in [5, 5.41) is -2.04. The molecular formula is C23H21F6OSi. The number of hydrogen-bond donors (Lipinski definition) is 0. The lowest BCUT2D eigenvalue weighted by atomic mass is 10.1. The number of halogens is 6. The van der Waals surface area contributed by atoms with Crippen LogP contribution in [-0.2, 0) is 6.04 Å². The topological polar surface area (TPSA) is 9.23 Å². The normalized spacial score (nSPS) is 12.3. The first-order chi connectivity index (χ1) is 14.5. The van der Waals surface area contributed by atoms with Crippen LogP contribution in [0.25, 0.3) is 10.8 Å². The largest absolute Gasteiger partial charge is 0.540 e. The number of hydrogen-bond acceptors (Lipinski definition) is 1. The van der Waals surface area contributed by atoms with E-state index in [2.05, 4.69) is 0 Å². The monoisotopic (exact) mass is 455 g/mol. The molecule has 0 unspecified atom stereocenters. The standard InChI is InChI=1S/C23H21F6OSi/c1-12(2)31(13(3)4,11-14-8-6-5-7-9-14)30-23-17-15(18(25)21(28)22(23)29)10-16(24)19(26)20(17)27/h5-9,12-13H,11H2,1-4H3. The van der Waals surface area contributed by atoms with E-state index >= 15 is 0 Å². The summed E-state index contributed by atoms with van der Waals surface area (Å²) < 4.78 is 91.8. The highest BCUT2D eigenvalue weighted by Crippen LogP contribution is 2.43. The Morgan fingerprint density at radius 2 is 1.35 bits per heavy atom. The van der Waals surface area contributed by atoms with Gasteiger partial charge in [0.05, 0.1) is 5.39 Å². The van der Waals surface area contributed by atoms with Crippen molar-refractivity contribution in [3.8, 4) is 5.75 Å². The molecule has 1 nitrogen and oxygen atoms in total. The van der Waals surface area contributed by atoms with Gasteiger partial charge in [0.25, 0.3) is 8.32 Å². The molecular weight excluding hydrogens is 434 g/mol. The molecule has 3 rings (SSSR count). The first-order valence-corrected chi connectivity index (χ1v) is 12.1. The molecule has 0 spiro atoms. The molecule has 0 aliphatic rings. The number of rotatable bonds is 6. The molecule has 8 heteroatoms. The minimum Gasteiger partial charge on any atom is -0.540 e. The zero-order chi connectivity index (χ0) is 23.1. The summed E-state index contributed by atoms with van der Waals surface area (Å²) in [7, 11) is -3.10. The molecule has 1 radical (unpaired) electrons. The van der Waals surface area contributed by atoms with E-state index in [4.69, 9.17) is 4.43 Å². The van der Waals surface area contributed by atoms with Crippen LogP contribution in [0.1, 0.15) is 33.3 Å². The van der Waals surface area contributed by atoms with Crippen LogP contribution in [0.15, 0.2) is 30.3 Å². The Balaban J connectivity index is 2.31. The second-order valence-electron chi connectivity index (χ2n) is 8.12. The molecule has 0 N–H and O–H groups in total. The van der Waals surface area contributed by atoms with Crippen molar-refractivity contribution in [3.63, 3.8) is 0 Å². The molecule has 0 amide bonds. The van der Waals surface area contributed by atoms with Gasteiger partial charge in [-0.25, -0.2) is 22.0 Å². The lowest BCUT2D eigenvalue weighted by Gasteiger charge is -2.39. The van der Waals surface area contributed by atoms with Crippen LogP contribution >= 0.6 is 0 Å². The van der Waals surface area contributed by atoms with E-state index in [-0.39, 0.29) is 11.1 Å². The van der Waals surface area contributed by atoms with Crippen molar-refractivity contribution in [2.24, 2.45) is 0 Å². The molecule has 3 aromatic carbocycles. The third-order valence-corrected chi connectivity index (χ3v) is 11.1. The first kappa shape index (κ1) is 23.2. The summed E-state index contributed by atoms with van der Waals surface area (Å²) in [4.78, 5) is 0. The van der Waals surface area contributed by atoms with Crippen molar-refractivity contribution < 1.29 is 30.8 Å². The van der Waals surface area contributed by atoms with E-state index in [9.17, 15) is 26.3 Å². The van der Waals surface area contributed by atoms with Crippen molar-refractivity contribution in [1.29, 1.82) is 0 Å². The van der Waals surface area contributed by atoms with E-state index in [1.165, 1.54) is 0 Å². The van der Waals surface area contributed by atoms with Crippen LogP contribution in [0, 0.1) is 41.0 Å². The van der Waals surface area contributed by atoms with Gasteiger partial charge in [-0.05, 0) is 16.6 Å². The smallest absolute Gasteiger partial charge is 0.260 e. The molecule has 0 aliphatic carbocycles. The lowest BCUT2D eigenvalue weighted by molar-refractivity contribution is 0.404. The second kappa shape index (κ2) is 8.57. The highest BCUT2D eigenvalue weighted by molar-refractivity contribution is 6.76. The van der Waals surface area contributed by atoms with Crippen LogP contribution in [-0.4, -0.2) is 8.32 Å². The molecule has 31 heavy (non-hydrogen) atoms. The first-order valence-electron chi connectivity index (χ1n) is 9.80. The molecule has 0 heterocycles. The highest BCUT2D eigenvalue weighted by atomic mass is 28.4. The minimum absolute atomic E-state index is 0.174. The van der Waals surface area contributed by atoms with Gasteiger partial charge >= 0.3 is 0 Å². The third kappa shape index (κ3) is 3.93. The van der Waals surface area contributed by atoms with Crippen molar-refractivity contribution in [2.75, 3.05) is 0 Å². The summed E-state index contributed by atoms with van der Waals surface area (Å²) in [6, 6.07) is 11.1. The fourth-order valence-electron chi connectivity index (χ4n) is 3.88. The van der Waals surface area contributed by atoms with Crippen LogP contribution < -0.4 is 4.43 Å². The average molecular weight is 455 g/mol.